The lowest BCUT2D eigenvalue weighted by molar-refractivity contribution is -0.142. The van der Waals surface area contributed by atoms with Crippen molar-refractivity contribution in [2.75, 3.05) is 32.8 Å². The van der Waals surface area contributed by atoms with Gasteiger partial charge in [0.2, 0.25) is 0 Å². The summed E-state index contributed by atoms with van der Waals surface area (Å²) < 4.78 is 21.2. The molecule has 0 saturated carbocycles. The molecular weight excluding hydrogens is 444 g/mol. The fraction of sp³-hybridized carbons (Fsp3) is 0.208. The maximum Gasteiger partial charge on any atom is 0.331 e. The van der Waals surface area contributed by atoms with E-state index in [0.29, 0.717) is 34.7 Å². The molecule has 0 radical (unpaired) electrons. The lowest BCUT2D eigenvalue weighted by Gasteiger charge is -2.08. The van der Waals surface area contributed by atoms with Crippen LogP contribution in [-0.4, -0.2) is 44.3 Å². The van der Waals surface area contributed by atoms with Gasteiger partial charge in [0.05, 0.1) is 26.5 Å². The predicted molar refractivity (Wildman–Crippen MR) is 127 cm³/mol. The minimum Gasteiger partial charge on any atom is -0.497 e. The van der Waals surface area contributed by atoms with Gasteiger partial charge in [-0.3, -0.25) is 10.1 Å². The van der Waals surface area contributed by atoms with E-state index in [4.69, 9.17) is 18.9 Å². The molecule has 3 aromatic rings. The van der Waals surface area contributed by atoms with E-state index in [1.807, 2.05) is 31.2 Å². The molecule has 1 N–H and O–H groups in total. The summed E-state index contributed by atoms with van der Waals surface area (Å²) in [6, 6.07) is 12.7. The Labute approximate surface area is 195 Å². The molecule has 0 saturated heterocycles. The van der Waals surface area contributed by atoms with Crippen LogP contribution in [0.4, 0.5) is 5.13 Å². The van der Waals surface area contributed by atoms with Crippen LogP contribution in [0, 0.1) is 0 Å². The first-order valence-electron chi connectivity index (χ1n) is 10.1. The Bertz CT molecular complexity index is 1140. The predicted octanol–water partition coefficient (Wildman–Crippen LogP) is 4.42. The standard InChI is InChI=1S/C24H24N2O6S/c1-4-31-20-8-6-5-7-16(20)9-12-23(28)32-14-22(27)26-24-25-19(15-33-24)18-13-17(29-2)10-11-21(18)30-3/h5-13,15H,4,14H2,1-3H3,(H,25,26,27)/b12-9+. The number of ether oxygens (including phenoxy) is 4. The van der Waals surface area contributed by atoms with E-state index in [-0.39, 0.29) is 0 Å². The van der Waals surface area contributed by atoms with Gasteiger partial charge in [0, 0.05) is 22.6 Å². The average Bonchev–Trinajstić information content (AvgIpc) is 3.30. The van der Waals surface area contributed by atoms with Crippen molar-refractivity contribution in [3.63, 3.8) is 0 Å². The molecule has 172 valence electrons. The summed E-state index contributed by atoms with van der Waals surface area (Å²) in [7, 11) is 3.14. The maximum atomic E-state index is 12.2. The van der Waals surface area contributed by atoms with Crippen LogP contribution in [-0.2, 0) is 14.3 Å². The van der Waals surface area contributed by atoms with Crippen LogP contribution in [0.5, 0.6) is 17.2 Å². The monoisotopic (exact) mass is 468 g/mol. The molecular formula is C24H24N2O6S. The van der Waals surface area contributed by atoms with Gasteiger partial charge >= 0.3 is 5.97 Å². The third-order valence-electron chi connectivity index (χ3n) is 4.40. The van der Waals surface area contributed by atoms with E-state index < -0.39 is 18.5 Å². The average molecular weight is 469 g/mol. The van der Waals surface area contributed by atoms with E-state index >= 15 is 0 Å². The molecule has 0 aliphatic carbocycles. The largest absolute Gasteiger partial charge is 0.497 e. The van der Waals surface area contributed by atoms with E-state index in [0.717, 1.165) is 11.1 Å². The summed E-state index contributed by atoms with van der Waals surface area (Å²) in [6.07, 6.45) is 2.83. The van der Waals surface area contributed by atoms with Crippen molar-refractivity contribution in [2.45, 2.75) is 6.92 Å². The van der Waals surface area contributed by atoms with Gasteiger partial charge in [-0.05, 0) is 37.3 Å². The van der Waals surface area contributed by atoms with E-state index in [2.05, 4.69) is 10.3 Å². The van der Waals surface area contributed by atoms with Crippen molar-refractivity contribution in [2.24, 2.45) is 0 Å². The Morgan fingerprint density at radius 2 is 1.91 bits per heavy atom. The number of aromatic nitrogens is 1. The topological polar surface area (TPSA) is 96.0 Å². The fourth-order valence-corrected chi connectivity index (χ4v) is 3.60. The zero-order chi connectivity index (χ0) is 23.6. The Hall–Kier alpha value is -3.85. The van der Waals surface area contributed by atoms with Crippen molar-refractivity contribution < 1.29 is 28.5 Å². The zero-order valence-electron chi connectivity index (χ0n) is 18.5. The molecule has 0 spiro atoms. The van der Waals surface area contributed by atoms with Gasteiger partial charge < -0.3 is 18.9 Å². The Kier molecular flexibility index (Phi) is 8.43. The molecule has 9 heteroatoms. The first-order chi connectivity index (χ1) is 16.0. The Morgan fingerprint density at radius 1 is 1.09 bits per heavy atom. The third-order valence-corrected chi connectivity index (χ3v) is 5.15. The van der Waals surface area contributed by atoms with E-state index in [1.165, 1.54) is 17.4 Å². The minimum atomic E-state index is -0.641. The molecule has 0 unspecified atom stereocenters. The van der Waals surface area contributed by atoms with Crippen LogP contribution >= 0.6 is 11.3 Å². The summed E-state index contributed by atoms with van der Waals surface area (Å²) in [5.41, 5.74) is 2.10. The van der Waals surface area contributed by atoms with Crippen LogP contribution in [0.2, 0.25) is 0 Å². The van der Waals surface area contributed by atoms with Crippen LogP contribution in [0.25, 0.3) is 17.3 Å². The molecule has 0 aliphatic rings. The van der Waals surface area contributed by atoms with Crippen LogP contribution in [0.15, 0.2) is 53.9 Å². The number of carbonyl (C=O) groups excluding carboxylic acids is 2. The normalized spacial score (nSPS) is 10.6. The van der Waals surface area contributed by atoms with Gasteiger partial charge in [-0.1, -0.05) is 18.2 Å². The SMILES string of the molecule is CCOc1ccccc1/C=C/C(=O)OCC(=O)Nc1nc(-c2cc(OC)ccc2OC)cs1. The second-order valence-corrected chi connectivity index (χ2v) is 7.42. The second kappa shape index (κ2) is 11.7. The molecule has 0 atom stereocenters. The molecule has 33 heavy (non-hydrogen) atoms. The minimum absolute atomic E-state index is 0.372. The van der Waals surface area contributed by atoms with Crippen molar-refractivity contribution in [1.82, 2.24) is 4.98 Å². The van der Waals surface area contributed by atoms with Crippen molar-refractivity contribution >= 4 is 34.4 Å². The summed E-state index contributed by atoms with van der Waals surface area (Å²) in [6.45, 7) is 1.96. The smallest absolute Gasteiger partial charge is 0.331 e. The molecule has 1 aromatic heterocycles. The summed E-state index contributed by atoms with van der Waals surface area (Å²) in [5.74, 6) is 0.815. The fourth-order valence-electron chi connectivity index (χ4n) is 2.87. The van der Waals surface area contributed by atoms with Crippen LogP contribution in [0.1, 0.15) is 12.5 Å². The molecule has 2 aromatic carbocycles. The van der Waals surface area contributed by atoms with Gasteiger partial charge in [0.1, 0.15) is 17.2 Å². The number of methoxy groups -OCH3 is 2. The highest BCUT2D eigenvalue weighted by atomic mass is 32.1. The number of hydrogen-bond acceptors (Lipinski definition) is 8. The first kappa shape index (κ1) is 23.8. The van der Waals surface area contributed by atoms with E-state index in [1.54, 1.807) is 43.9 Å². The van der Waals surface area contributed by atoms with Gasteiger partial charge in [-0.2, -0.15) is 0 Å². The summed E-state index contributed by atoms with van der Waals surface area (Å²) in [5, 5.41) is 4.79. The van der Waals surface area contributed by atoms with Crippen LogP contribution in [0.3, 0.4) is 0 Å². The van der Waals surface area contributed by atoms with Crippen molar-refractivity contribution in [1.29, 1.82) is 0 Å². The maximum absolute atomic E-state index is 12.2. The number of carbonyl (C=O) groups is 2. The molecule has 1 heterocycles. The number of para-hydroxylation sites is 1. The molecule has 8 nitrogen and oxygen atoms in total. The second-order valence-electron chi connectivity index (χ2n) is 6.56. The molecule has 1 amide bonds. The highest BCUT2D eigenvalue weighted by Gasteiger charge is 2.14. The highest BCUT2D eigenvalue weighted by Crippen LogP contribution is 2.35. The molecule has 0 fully saturated rings. The quantitative estimate of drug-likeness (QED) is 0.348. The Morgan fingerprint density at radius 3 is 2.67 bits per heavy atom. The lowest BCUT2D eigenvalue weighted by Crippen LogP contribution is -2.20. The third kappa shape index (κ3) is 6.56. The van der Waals surface area contributed by atoms with Gasteiger partial charge in [0.15, 0.2) is 11.7 Å². The highest BCUT2D eigenvalue weighted by molar-refractivity contribution is 7.14. The van der Waals surface area contributed by atoms with Crippen molar-refractivity contribution in [3.05, 3.63) is 59.5 Å². The van der Waals surface area contributed by atoms with Crippen LogP contribution < -0.4 is 19.5 Å². The number of amides is 1. The van der Waals surface area contributed by atoms with Gasteiger partial charge in [-0.15, -0.1) is 11.3 Å². The number of anilines is 1. The first-order valence-corrected chi connectivity index (χ1v) is 11.0. The zero-order valence-corrected chi connectivity index (χ0v) is 19.3. The lowest BCUT2D eigenvalue weighted by atomic mass is 10.1. The number of esters is 1. The summed E-state index contributed by atoms with van der Waals surface area (Å²) in [4.78, 5) is 28.6. The van der Waals surface area contributed by atoms with Crippen molar-refractivity contribution in [3.8, 4) is 28.5 Å². The van der Waals surface area contributed by atoms with E-state index in [9.17, 15) is 9.59 Å². The molecule has 3 rings (SSSR count). The summed E-state index contributed by atoms with van der Waals surface area (Å²) >= 11 is 1.25. The van der Waals surface area contributed by atoms with Gasteiger partial charge in [-0.25, -0.2) is 9.78 Å². The number of hydrogen-bond donors (Lipinski definition) is 1. The Balaban J connectivity index is 1.56. The number of rotatable bonds is 10. The molecule has 0 bridgehead atoms. The molecule has 0 aliphatic heterocycles. The number of thiazole rings is 1. The van der Waals surface area contributed by atoms with Gasteiger partial charge in [0.25, 0.3) is 5.91 Å². The number of nitrogens with one attached hydrogen (secondary N) is 1. The number of nitrogens with zero attached hydrogens (tertiary/aromatic N) is 1. The number of benzene rings is 2.